The molecule has 2 rings (SSSR count). The van der Waals surface area contributed by atoms with Crippen molar-refractivity contribution in [1.82, 2.24) is 14.9 Å². The van der Waals surface area contributed by atoms with Crippen LogP contribution < -0.4 is 10.0 Å². The number of nitrogens with zero attached hydrogens (tertiary/aromatic N) is 2. The van der Waals surface area contributed by atoms with Crippen LogP contribution in [-0.2, 0) is 23.1 Å². The van der Waals surface area contributed by atoms with E-state index < -0.39 is 15.6 Å². The Hall–Kier alpha value is -2.38. The van der Waals surface area contributed by atoms with Gasteiger partial charge in [-0.25, -0.2) is 18.1 Å². The molecule has 0 fully saturated rings. The van der Waals surface area contributed by atoms with E-state index in [0.29, 0.717) is 24.6 Å². The first kappa shape index (κ1) is 21.9. The molecular weight excluding hydrogens is 372 g/mol. The molecule has 0 heterocycles. The molecule has 0 aromatic heterocycles. The van der Waals surface area contributed by atoms with Crippen LogP contribution in [0.5, 0.6) is 0 Å². The van der Waals surface area contributed by atoms with Gasteiger partial charge in [0.2, 0.25) is 10.0 Å². The number of sulfonamides is 1. The van der Waals surface area contributed by atoms with Gasteiger partial charge in [-0.2, -0.15) is 0 Å². The Morgan fingerprint density at radius 3 is 2.21 bits per heavy atom. The third kappa shape index (κ3) is 6.65. The predicted molar refractivity (Wildman–Crippen MR) is 115 cm³/mol. The quantitative estimate of drug-likeness (QED) is 0.575. The molecule has 6 nitrogen and oxygen atoms in total. The number of rotatable bonds is 6. The molecule has 2 aromatic rings. The van der Waals surface area contributed by atoms with Crippen molar-refractivity contribution in [2.45, 2.75) is 44.3 Å². The lowest BCUT2D eigenvalue weighted by Crippen LogP contribution is -2.41. The Bertz CT molecular complexity index is 902. The first-order chi connectivity index (χ1) is 13.1. The lowest BCUT2D eigenvalue weighted by atomic mass is 10.1. The second-order valence-corrected chi connectivity index (χ2v) is 9.49. The van der Waals surface area contributed by atoms with Gasteiger partial charge in [0, 0.05) is 26.2 Å². The summed E-state index contributed by atoms with van der Waals surface area (Å²) in [5, 5.41) is 3.26. The summed E-state index contributed by atoms with van der Waals surface area (Å²) in [4.78, 5) is 6.79. The lowest BCUT2D eigenvalue weighted by molar-refractivity contribution is 0.490. The molecule has 0 spiro atoms. The van der Waals surface area contributed by atoms with Crippen molar-refractivity contribution >= 4 is 16.0 Å². The number of aliphatic imine (C=N–C) groups is 1. The van der Waals surface area contributed by atoms with Gasteiger partial charge < -0.3 is 10.2 Å². The lowest BCUT2D eigenvalue weighted by Gasteiger charge is -2.22. The number of hydrogen-bond acceptors (Lipinski definition) is 3. The summed E-state index contributed by atoms with van der Waals surface area (Å²) < 4.78 is 28.3. The van der Waals surface area contributed by atoms with Crippen LogP contribution >= 0.6 is 0 Å². The molecule has 0 saturated heterocycles. The van der Waals surface area contributed by atoms with Gasteiger partial charge in [0.15, 0.2) is 5.96 Å². The fourth-order valence-corrected chi connectivity index (χ4v) is 4.31. The zero-order valence-electron chi connectivity index (χ0n) is 17.2. The van der Waals surface area contributed by atoms with Crippen LogP contribution in [0.15, 0.2) is 64.5 Å². The summed E-state index contributed by atoms with van der Waals surface area (Å²) in [6, 6.07) is 17.0. The number of hydrogen-bond donors (Lipinski definition) is 2. The SMILES string of the molecule is CN(C)C(=NCc1ccccc1)NCc1ccccc1S(=O)(=O)NC(C)(C)C. The standard InChI is InChI=1S/C21H30N4O2S/c1-21(2,3)24-28(26,27)19-14-10-9-13-18(19)16-23-20(25(4)5)22-15-17-11-7-6-8-12-17/h6-14,24H,15-16H2,1-5H3,(H,22,23). The van der Waals surface area contributed by atoms with E-state index in [1.54, 1.807) is 12.1 Å². The van der Waals surface area contributed by atoms with Gasteiger partial charge in [0.05, 0.1) is 11.4 Å². The highest BCUT2D eigenvalue weighted by atomic mass is 32.2. The Kier molecular flexibility index (Phi) is 7.21. The molecule has 0 aliphatic carbocycles. The van der Waals surface area contributed by atoms with Crippen molar-refractivity contribution in [3.8, 4) is 0 Å². The van der Waals surface area contributed by atoms with E-state index in [9.17, 15) is 8.42 Å². The van der Waals surface area contributed by atoms with Crippen LogP contribution in [0.1, 0.15) is 31.9 Å². The molecule has 0 amide bonds. The zero-order chi connectivity index (χ0) is 20.8. The fraction of sp³-hybridized carbons (Fsp3) is 0.381. The van der Waals surface area contributed by atoms with E-state index in [1.807, 2.05) is 82.2 Å². The van der Waals surface area contributed by atoms with E-state index in [-0.39, 0.29) is 4.90 Å². The van der Waals surface area contributed by atoms with E-state index >= 15 is 0 Å². The molecular formula is C21H30N4O2S. The molecule has 28 heavy (non-hydrogen) atoms. The van der Waals surface area contributed by atoms with Crippen molar-refractivity contribution in [2.75, 3.05) is 14.1 Å². The van der Waals surface area contributed by atoms with E-state index in [0.717, 1.165) is 5.56 Å². The molecule has 0 bridgehead atoms. The molecule has 2 N–H and O–H groups in total. The summed E-state index contributed by atoms with van der Waals surface area (Å²) in [6.07, 6.45) is 0. The Labute approximate surface area is 168 Å². The number of benzene rings is 2. The number of nitrogens with one attached hydrogen (secondary N) is 2. The van der Waals surface area contributed by atoms with Crippen LogP contribution in [0, 0.1) is 0 Å². The topological polar surface area (TPSA) is 73.8 Å². The molecule has 152 valence electrons. The minimum Gasteiger partial charge on any atom is -0.352 e. The van der Waals surface area contributed by atoms with Gasteiger partial charge in [-0.05, 0) is 38.0 Å². The van der Waals surface area contributed by atoms with Crippen LogP contribution in [0.2, 0.25) is 0 Å². The molecule has 0 aliphatic heterocycles. The van der Waals surface area contributed by atoms with Crippen LogP contribution in [0.25, 0.3) is 0 Å². The molecule has 0 radical (unpaired) electrons. The Balaban J connectivity index is 2.18. The van der Waals surface area contributed by atoms with Crippen molar-refractivity contribution in [1.29, 1.82) is 0 Å². The van der Waals surface area contributed by atoms with Crippen molar-refractivity contribution in [3.63, 3.8) is 0 Å². The maximum atomic E-state index is 12.8. The van der Waals surface area contributed by atoms with Gasteiger partial charge in [-0.3, -0.25) is 0 Å². The van der Waals surface area contributed by atoms with Crippen LogP contribution in [0.4, 0.5) is 0 Å². The zero-order valence-corrected chi connectivity index (χ0v) is 18.0. The predicted octanol–water partition coefficient (Wildman–Crippen LogP) is 2.97. The first-order valence-electron chi connectivity index (χ1n) is 9.20. The Morgan fingerprint density at radius 2 is 1.61 bits per heavy atom. The first-order valence-corrected chi connectivity index (χ1v) is 10.7. The van der Waals surface area contributed by atoms with Crippen molar-refractivity contribution in [2.24, 2.45) is 4.99 Å². The smallest absolute Gasteiger partial charge is 0.241 e. The van der Waals surface area contributed by atoms with Crippen LogP contribution in [-0.4, -0.2) is 38.9 Å². The molecule has 0 saturated carbocycles. The van der Waals surface area contributed by atoms with Gasteiger partial charge in [-0.1, -0.05) is 48.5 Å². The van der Waals surface area contributed by atoms with Crippen molar-refractivity contribution < 1.29 is 8.42 Å². The second kappa shape index (κ2) is 9.21. The third-order valence-electron chi connectivity index (χ3n) is 3.82. The summed E-state index contributed by atoms with van der Waals surface area (Å²) in [5.74, 6) is 0.694. The van der Waals surface area contributed by atoms with Crippen molar-refractivity contribution in [3.05, 3.63) is 65.7 Å². The molecule has 0 atom stereocenters. The van der Waals surface area contributed by atoms with Crippen LogP contribution in [0.3, 0.4) is 0 Å². The van der Waals surface area contributed by atoms with E-state index in [2.05, 4.69) is 15.0 Å². The maximum Gasteiger partial charge on any atom is 0.241 e. The summed E-state index contributed by atoms with van der Waals surface area (Å²) >= 11 is 0. The monoisotopic (exact) mass is 402 g/mol. The average Bonchev–Trinajstić information content (AvgIpc) is 2.60. The minimum atomic E-state index is -3.62. The van der Waals surface area contributed by atoms with E-state index in [1.165, 1.54) is 0 Å². The largest absolute Gasteiger partial charge is 0.352 e. The Morgan fingerprint density at radius 1 is 1.00 bits per heavy atom. The molecule has 0 unspecified atom stereocenters. The van der Waals surface area contributed by atoms with Gasteiger partial charge in [-0.15, -0.1) is 0 Å². The van der Waals surface area contributed by atoms with Gasteiger partial charge >= 0.3 is 0 Å². The molecule has 0 aliphatic rings. The molecule has 7 heteroatoms. The summed E-state index contributed by atoms with van der Waals surface area (Å²) in [6.45, 7) is 6.38. The summed E-state index contributed by atoms with van der Waals surface area (Å²) in [5.41, 5.74) is 1.25. The highest BCUT2D eigenvalue weighted by Gasteiger charge is 2.24. The normalized spacial score (nSPS) is 12.7. The average molecular weight is 403 g/mol. The van der Waals surface area contributed by atoms with Gasteiger partial charge in [0.1, 0.15) is 0 Å². The van der Waals surface area contributed by atoms with E-state index in [4.69, 9.17) is 0 Å². The molecule has 2 aromatic carbocycles. The highest BCUT2D eigenvalue weighted by Crippen LogP contribution is 2.17. The van der Waals surface area contributed by atoms with Gasteiger partial charge in [0.25, 0.3) is 0 Å². The fourth-order valence-electron chi connectivity index (χ4n) is 2.65. The number of guanidine groups is 1. The third-order valence-corrected chi connectivity index (χ3v) is 5.68. The maximum absolute atomic E-state index is 12.8. The highest BCUT2D eigenvalue weighted by molar-refractivity contribution is 7.89. The second-order valence-electron chi connectivity index (χ2n) is 7.84. The summed E-state index contributed by atoms with van der Waals surface area (Å²) in [7, 11) is 0.191. The minimum absolute atomic E-state index is 0.276.